The van der Waals surface area contributed by atoms with Gasteiger partial charge in [0.1, 0.15) is 0 Å². The molecule has 1 saturated carbocycles. The van der Waals surface area contributed by atoms with Crippen molar-refractivity contribution in [2.75, 3.05) is 13.2 Å². The third kappa shape index (κ3) is 7.81. The molecule has 3 atom stereocenters. The molecule has 1 aliphatic carbocycles. The number of nitrogens with one attached hydrogen (secondary N) is 1. The van der Waals surface area contributed by atoms with Crippen LogP contribution in [-0.4, -0.2) is 45.0 Å². The molecule has 0 heterocycles. The minimum atomic E-state index is -3.17. The Morgan fingerprint density at radius 1 is 1.08 bits per heavy atom. The Morgan fingerprint density at radius 3 is 2.19 bits per heavy atom. The van der Waals surface area contributed by atoms with Crippen LogP contribution in [0.1, 0.15) is 84.8 Å². The lowest BCUT2D eigenvalue weighted by Gasteiger charge is -2.45. The van der Waals surface area contributed by atoms with Gasteiger partial charge in [-0.3, -0.25) is 4.79 Å². The Labute approximate surface area is 223 Å². The predicted molar refractivity (Wildman–Crippen MR) is 149 cm³/mol. The van der Waals surface area contributed by atoms with Crippen molar-refractivity contribution in [2.24, 2.45) is 5.92 Å². The van der Waals surface area contributed by atoms with E-state index in [1.807, 2.05) is 24.3 Å². The average Bonchev–Trinajstić information content (AvgIpc) is 3.25. The fourth-order valence-electron chi connectivity index (χ4n) is 5.99. The molecule has 0 amide bonds. The minimum Gasteiger partial charge on any atom is -0.459 e. The molecule has 0 bridgehead atoms. The highest BCUT2D eigenvalue weighted by molar-refractivity contribution is 7.78. The summed E-state index contributed by atoms with van der Waals surface area (Å²) in [5.74, 6) is -3.96. The molecule has 8 heteroatoms. The number of halogens is 2. The molecule has 1 N–H and O–H groups in total. The molecular formula is C28H45F2NO3SSi. The smallest absolute Gasteiger partial charge is 0.313 e. The van der Waals surface area contributed by atoms with Gasteiger partial charge in [-0.15, -0.1) is 0 Å². The summed E-state index contributed by atoms with van der Waals surface area (Å²) in [6.45, 7) is 14.0. The number of hydrogen-bond donors (Lipinski definition) is 1. The molecule has 0 spiro atoms. The second-order valence-corrected chi connectivity index (χ2v) is 16.9. The zero-order valence-electron chi connectivity index (χ0n) is 23.0. The summed E-state index contributed by atoms with van der Waals surface area (Å²) in [5, 5.41) is 2.28. The Kier molecular flexibility index (Phi) is 11.5. The molecule has 1 aromatic carbocycles. The molecule has 1 aromatic rings. The summed E-state index contributed by atoms with van der Waals surface area (Å²) in [6, 6.07) is 7.91. The van der Waals surface area contributed by atoms with Gasteiger partial charge >= 0.3 is 5.97 Å². The van der Waals surface area contributed by atoms with Crippen molar-refractivity contribution in [3.05, 3.63) is 35.4 Å². The Hall–Kier alpha value is -1.38. The van der Waals surface area contributed by atoms with Gasteiger partial charge in [-0.25, -0.2) is 8.78 Å². The van der Waals surface area contributed by atoms with E-state index < -0.39 is 39.3 Å². The van der Waals surface area contributed by atoms with Crippen molar-refractivity contribution in [3.8, 4) is 0 Å². The van der Waals surface area contributed by atoms with Gasteiger partial charge in [-0.2, -0.15) is 0 Å². The second kappa shape index (κ2) is 13.4. The van der Waals surface area contributed by atoms with Crippen LogP contribution in [-0.2, 0) is 20.4 Å². The number of carbonyl (C=O) groups excluding carboxylic acids is 1. The summed E-state index contributed by atoms with van der Waals surface area (Å²) in [7, 11) is -1.93. The summed E-state index contributed by atoms with van der Waals surface area (Å²) >= 11 is 4.49. The molecule has 0 saturated heterocycles. The van der Waals surface area contributed by atoms with E-state index in [0.29, 0.717) is 28.6 Å². The van der Waals surface area contributed by atoms with Crippen molar-refractivity contribution >= 4 is 32.0 Å². The van der Waals surface area contributed by atoms with E-state index in [2.05, 4.69) is 59.1 Å². The van der Waals surface area contributed by atoms with Gasteiger partial charge in [-0.1, -0.05) is 84.4 Å². The van der Waals surface area contributed by atoms with E-state index in [9.17, 15) is 13.6 Å². The Morgan fingerprint density at radius 2 is 1.67 bits per heavy atom. The first-order chi connectivity index (χ1) is 16.8. The number of alkyl halides is 2. The van der Waals surface area contributed by atoms with Crippen LogP contribution in [0.3, 0.4) is 0 Å². The van der Waals surface area contributed by atoms with E-state index >= 15 is 0 Å². The van der Waals surface area contributed by atoms with Crippen molar-refractivity contribution in [1.82, 2.24) is 5.32 Å². The number of rotatable bonds is 14. The summed E-state index contributed by atoms with van der Waals surface area (Å²) in [4.78, 5) is 12.4. The molecule has 4 nitrogen and oxygen atoms in total. The molecular weight excluding hydrogens is 496 g/mol. The lowest BCUT2D eigenvalue weighted by Crippen LogP contribution is -2.50. The maximum absolute atomic E-state index is 13.7. The third-order valence-corrected chi connectivity index (χ3v) is 14.1. The fraction of sp³-hybridized carbons (Fsp3) is 0.714. The lowest BCUT2D eigenvalue weighted by molar-refractivity contribution is -0.155. The van der Waals surface area contributed by atoms with Crippen LogP contribution in [0.15, 0.2) is 24.3 Å². The SMILES string of the molecule is CC(C(=O)OCC(F)(F)CNC=S)c1ccc(C[C@H]2CCC[C@@H]2O[Si](C(C)C)(C(C)C)C(C)C)cc1. The second-order valence-electron chi connectivity index (χ2n) is 11.3. The standard InChI is InChI=1S/C28H45F2NO3SSi/c1-19(2)36(20(3)4,21(5)6)34-26-10-8-9-25(26)15-23-11-13-24(14-12-23)22(7)27(32)33-17-28(29,30)16-31-18-35/h11-14,18-22,25-26H,8-10,15-17H2,1-7H3,(H,31,35)/t22?,25-,26+/m1/s1. The molecule has 0 aliphatic heterocycles. The van der Waals surface area contributed by atoms with E-state index in [1.54, 1.807) is 6.92 Å². The van der Waals surface area contributed by atoms with Gasteiger partial charge in [0.2, 0.25) is 8.32 Å². The number of hydrogen-bond acceptors (Lipinski definition) is 4. The molecule has 1 aliphatic rings. The predicted octanol–water partition coefficient (Wildman–Crippen LogP) is 7.42. The Balaban J connectivity index is 2.01. The highest BCUT2D eigenvalue weighted by Gasteiger charge is 2.48. The third-order valence-electron chi connectivity index (χ3n) is 7.85. The largest absolute Gasteiger partial charge is 0.459 e. The lowest BCUT2D eigenvalue weighted by atomic mass is 9.93. The zero-order chi connectivity index (χ0) is 27.1. The van der Waals surface area contributed by atoms with E-state index in [-0.39, 0.29) is 0 Å². The van der Waals surface area contributed by atoms with Crippen LogP contribution in [0, 0.1) is 5.92 Å². The fourth-order valence-corrected chi connectivity index (χ4v) is 11.7. The molecule has 204 valence electrons. The average molecular weight is 542 g/mol. The van der Waals surface area contributed by atoms with Gasteiger partial charge < -0.3 is 14.5 Å². The molecule has 2 rings (SSSR count). The first kappa shape index (κ1) is 30.8. The topological polar surface area (TPSA) is 47.6 Å². The molecule has 1 fully saturated rings. The van der Waals surface area contributed by atoms with Crippen LogP contribution in [0.5, 0.6) is 0 Å². The minimum absolute atomic E-state index is 0.298. The van der Waals surface area contributed by atoms with Crippen LogP contribution in [0.25, 0.3) is 0 Å². The van der Waals surface area contributed by atoms with Crippen molar-refractivity contribution in [2.45, 2.75) is 109 Å². The number of esters is 1. The quantitative estimate of drug-likeness (QED) is 0.151. The van der Waals surface area contributed by atoms with E-state index in [1.165, 1.54) is 18.4 Å². The molecule has 36 heavy (non-hydrogen) atoms. The van der Waals surface area contributed by atoms with Crippen molar-refractivity contribution in [1.29, 1.82) is 0 Å². The van der Waals surface area contributed by atoms with Gasteiger partial charge in [0.25, 0.3) is 5.92 Å². The summed E-state index contributed by atoms with van der Waals surface area (Å²) < 4.78 is 39.5. The summed E-state index contributed by atoms with van der Waals surface area (Å²) in [5.41, 5.74) is 4.69. The zero-order valence-corrected chi connectivity index (χ0v) is 24.8. The van der Waals surface area contributed by atoms with Crippen LogP contribution in [0.4, 0.5) is 8.78 Å². The monoisotopic (exact) mass is 541 g/mol. The van der Waals surface area contributed by atoms with Crippen molar-refractivity contribution < 1.29 is 22.7 Å². The summed E-state index contributed by atoms with van der Waals surface area (Å²) in [6.07, 6.45) is 4.73. The maximum Gasteiger partial charge on any atom is 0.313 e. The van der Waals surface area contributed by atoms with E-state index in [0.717, 1.165) is 23.9 Å². The number of benzene rings is 1. The number of thiocarbonyl (C=S) groups is 1. The maximum atomic E-state index is 13.7. The van der Waals surface area contributed by atoms with Gasteiger partial charge in [0.15, 0.2) is 6.61 Å². The highest BCUT2D eigenvalue weighted by Crippen LogP contribution is 2.46. The van der Waals surface area contributed by atoms with Crippen molar-refractivity contribution in [3.63, 3.8) is 0 Å². The highest BCUT2D eigenvalue weighted by atomic mass is 32.1. The molecule has 1 unspecified atom stereocenters. The number of carbonyl (C=O) groups is 1. The molecule has 0 radical (unpaired) electrons. The van der Waals surface area contributed by atoms with Crippen LogP contribution in [0.2, 0.25) is 16.6 Å². The normalized spacial score (nSPS) is 19.7. The first-order valence-electron chi connectivity index (χ1n) is 13.3. The van der Waals surface area contributed by atoms with Crippen LogP contribution < -0.4 is 5.32 Å². The van der Waals surface area contributed by atoms with E-state index in [4.69, 9.17) is 9.16 Å². The van der Waals surface area contributed by atoms with Gasteiger partial charge in [0, 0.05) is 6.10 Å². The van der Waals surface area contributed by atoms with Gasteiger partial charge in [0.05, 0.1) is 18.0 Å². The Bertz CT molecular complexity index is 826. The van der Waals surface area contributed by atoms with Crippen LogP contribution >= 0.6 is 12.2 Å². The first-order valence-corrected chi connectivity index (χ1v) is 15.9. The van der Waals surface area contributed by atoms with Gasteiger partial charge in [-0.05, 0) is 59.9 Å². The molecule has 0 aromatic heterocycles. The number of ether oxygens (including phenoxy) is 1.